The Labute approximate surface area is 194 Å². The SMILES string of the molecule is Bc1cnn2c(NCCCN(C)C3Cc4ccccc4C3)cc(-c3ccccc3Cl)nc12. The van der Waals surface area contributed by atoms with Gasteiger partial charge in [0.2, 0.25) is 0 Å². The van der Waals surface area contributed by atoms with E-state index in [1.807, 2.05) is 48.9 Å². The van der Waals surface area contributed by atoms with E-state index in [2.05, 4.69) is 46.6 Å². The van der Waals surface area contributed by atoms with Crippen molar-refractivity contribution in [2.24, 2.45) is 0 Å². The van der Waals surface area contributed by atoms with E-state index in [9.17, 15) is 0 Å². The zero-order valence-electron chi connectivity index (χ0n) is 18.6. The summed E-state index contributed by atoms with van der Waals surface area (Å²) in [6, 6.07) is 19.3. The van der Waals surface area contributed by atoms with Gasteiger partial charge in [-0.25, -0.2) is 4.98 Å². The second-order valence-corrected chi connectivity index (χ2v) is 9.07. The van der Waals surface area contributed by atoms with Crippen LogP contribution in [0.1, 0.15) is 17.5 Å². The summed E-state index contributed by atoms with van der Waals surface area (Å²) < 4.78 is 1.88. The highest BCUT2D eigenvalue weighted by Gasteiger charge is 2.23. The molecule has 5 rings (SSSR count). The Morgan fingerprint density at radius 1 is 1.12 bits per heavy atom. The minimum absolute atomic E-state index is 0.598. The van der Waals surface area contributed by atoms with Crippen LogP contribution in [-0.4, -0.2) is 53.5 Å². The van der Waals surface area contributed by atoms with Crippen LogP contribution in [0.2, 0.25) is 5.02 Å². The van der Waals surface area contributed by atoms with Crippen LogP contribution in [0, 0.1) is 0 Å². The van der Waals surface area contributed by atoms with Crippen LogP contribution in [0.25, 0.3) is 16.9 Å². The fraction of sp³-hybridized carbons (Fsp3) is 0.280. The Morgan fingerprint density at radius 2 is 1.84 bits per heavy atom. The summed E-state index contributed by atoms with van der Waals surface area (Å²) in [4.78, 5) is 7.32. The molecule has 32 heavy (non-hydrogen) atoms. The summed E-state index contributed by atoms with van der Waals surface area (Å²) >= 11 is 6.45. The van der Waals surface area contributed by atoms with Gasteiger partial charge in [0.15, 0.2) is 5.65 Å². The highest BCUT2D eigenvalue weighted by molar-refractivity contribution is 6.36. The maximum absolute atomic E-state index is 6.45. The van der Waals surface area contributed by atoms with Gasteiger partial charge in [-0.2, -0.15) is 9.61 Å². The molecule has 1 N–H and O–H groups in total. The highest BCUT2D eigenvalue weighted by atomic mass is 35.5. The Balaban J connectivity index is 1.26. The normalized spacial score (nSPS) is 13.7. The van der Waals surface area contributed by atoms with Gasteiger partial charge in [-0.15, -0.1) is 0 Å². The van der Waals surface area contributed by atoms with Crippen LogP contribution < -0.4 is 10.8 Å². The van der Waals surface area contributed by atoms with Crippen LogP contribution in [0.3, 0.4) is 0 Å². The quantitative estimate of drug-likeness (QED) is 0.352. The number of benzene rings is 2. The molecule has 0 bridgehead atoms. The maximum Gasteiger partial charge on any atom is 0.151 e. The molecule has 1 aliphatic carbocycles. The van der Waals surface area contributed by atoms with Gasteiger partial charge in [0.05, 0.1) is 5.69 Å². The van der Waals surface area contributed by atoms with Gasteiger partial charge in [-0.05, 0) is 55.5 Å². The third-order valence-electron chi connectivity index (χ3n) is 6.44. The predicted octanol–water partition coefficient (Wildman–Crippen LogP) is 3.21. The van der Waals surface area contributed by atoms with Crippen LogP contribution in [0.5, 0.6) is 0 Å². The lowest BCUT2D eigenvalue weighted by Gasteiger charge is -2.24. The van der Waals surface area contributed by atoms with E-state index in [1.165, 1.54) is 11.1 Å². The fourth-order valence-electron chi connectivity index (χ4n) is 4.58. The molecule has 162 valence electrons. The van der Waals surface area contributed by atoms with Crippen molar-refractivity contribution in [1.82, 2.24) is 19.5 Å². The Kier molecular flexibility index (Phi) is 5.90. The lowest BCUT2D eigenvalue weighted by molar-refractivity contribution is 0.248. The molecule has 0 radical (unpaired) electrons. The van der Waals surface area contributed by atoms with E-state index in [-0.39, 0.29) is 0 Å². The monoisotopic (exact) mass is 443 g/mol. The third kappa shape index (κ3) is 4.13. The van der Waals surface area contributed by atoms with E-state index in [0.717, 1.165) is 60.5 Å². The van der Waals surface area contributed by atoms with E-state index in [0.29, 0.717) is 11.1 Å². The van der Waals surface area contributed by atoms with E-state index in [4.69, 9.17) is 16.6 Å². The van der Waals surface area contributed by atoms with Crippen LogP contribution in [0.4, 0.5) is 5.82 Å². The fourth-order valence-corrected chi connectivity index (χ4v) is 4.81. The molecule has 2 heterocycles. The molecule has 0 amide bonds. The van der Waals surface area contributed by atoms with E-state index in [1.54, 1.807) is 0 Å². The van der Waals surface area contributed by atoms with Crippen molar-refractivity contribution < 1.29 is 0 Å². The van der Waals surface area contributed by atoms with Gasteiger partial charge in [0.1, 0.15) is 13.7 Å². The molecule has 4 aromatic rings. The molecule has 5 nitrogen and oxygen atoms in total. The number of halogens is 1. The number of nitrogens with zero attached hydrogens (tertiary/aromatic N) is 4. The summed E-state index contributed by atoms with van der Waals surface area (Å²) in [6.45, 7) is 1.92. The first-order chi connectivity index (χ1) is 15.6. The molecule has 0 unspecified atom stereocenters. The number of anilines is 1. The molecule has 0 atom stereocenters. The largest absolute Gasteiger partial charge is 0.370 e. The molecule has 0 fully saturated rings. The van der Waals surface area contributed by atoms with Crippen LogP contribution in [-0.2, 0) is 12.8 Å². The number of aromatic nitrogens is 3. The first-order valence-electron chi connectivity index (χ1n) is 11.2. The lowest BCUT2D eigenvalue weighted by atomic mass is 10.0. The average Bonchev–Trinajstić information content (AvgIpc) is 3.41. The summed E-state index contributed by atoms with van der Waals surface area (Å²) in [5.74, 6) is 0.939. The summed E-state index contributed by atoms with van der Waals surface area (Å²) in [6.07, 6.45) is 5.21. The Morgan fingerprint density at radius 3 is 2.59 bits per heavy atom. The second-order valence-electron chi connectivity index (χ2n) is 8.66. The summed E-state index contributed by atoms with van der Waals surface area (Å²) in [5, 5.41) is 8.81. The van der Waals surface area contributed by atoms with Gasteiger partial charge in [-0.3, -0.25) is 0 Å². The van der Waals surface area contributed by atoms with Crippen LogP contribution >= 0.6 is 11.6 Å². The standard InChI is InChI=1S/C25H27BClN5/c1-31(19-13-17-7-2-3-8-18(17)14-19)12-6-11-28-24-15-23(20-9-4-5-10-22(20)27)30-25-21(26)16-29-32(24)25/h2-5,7-10,15-16,19,28H,6,11-14,26H2,1H3. The molecule has 1 aliphatic rings. The van der Waals surface area contributed by atoms with Gasteiger partial charge >= 0.3 is 0 Å². The highest BCUT2D eigenvalue weighted by Crippen LogP contribution is 2.28. The van der Waals surface area contributed by atoms with Crippen LogP contribution in [0.15, 0.2) is 60.8 Å². The molecular weight excluding hydrogens is 417 g/mol. The number of rotatable bonds is 7. The number of hydrogen-bond acceptors (Lipinski definition) is 4. The van der Waals surface area contributed by atoms with Gasteiger partial charge < -0.3 is 10.2 Å². The van der Waals surface area contributed by atoms with E-state index >= 15 is 0 Å². The van der Waals surface area contributed by atoms with Crippen molar-refractivity contribution in [3.05, 3.63) is 76.9 Å². The Bertz CT molecular complexity index is 1230. The zero-order valence-corrected chi connectivity index (χ0v) is 19.3. The van der Waals surface area contributed by atoms with Crippen molar-refractivity contribution in [3.8, 4) is 11.3 Å². The molecule has 2 aromatic heterocycles. The predicted molar refractivity (Wildman–Crippen MR) is 135 cm³/mol. The number of nitrogens with one attached hydrogen (secondary N) is 1. The molecule has 0 saturated carbocycles. The molecular formula is C25H27BClN5. The lowest BCUT2D eigenvalue weighted by Crippen LogP contribution is -2.33. The second kappa shape index (κ2) is 8.97. The number of fused-ring (bicyclic) bond motifs is 2. The molecule has 7 heteroatoms. The van der Waals surface area contributed by atoms with E-state index < -0.39 is 0 Å². The first kappa shape index (κ1) is 21.0. The first-order valence-corrected chi connectivity index (χ1v) is 11.6. The Hall–Kier alpha value is -2.83. The summed E-state index contributed by atoms with van der Waals surface area (Å²) in [5.41, 5.74) is 6.69. The van der Waals surface area contributed by atoms with Gasteiger partial charge in [0.25, 0.3) is 0 Å². The zero-order chi connectivity index (χ0) is 22.1. The average molecular weight is 444 g/mol. The van der Waals surface area contributed by atoms with Crippen molar-refractivity contribution in [2.45, 2.75) is 25.3 Å². The number of likely N-dealkylation sites (N-methyl/N-ethyl adjacent to an activating group) is 1. The third-order valence-corrected chi connectivity index (χ3v) is 6.77. The van der Waals surface area contributed by atoms with Gasteiger partial charge in [-0.1, -0.05) is 54.1 Å². The molecule has 2 aromatic carbocycles. The van der Waals surface area contributed by atoms with Gasteiger partial charge in [0, 0.05) is 35.4 Å². The van der Waals surface area contributed by atoms with Crippen molar-refractivity contribution in [1.29, 1.82) is 0 Å². The number of hydrogen-bond donors (Lipinski definition) is 1. The topological polar surface area (TPSA) is 45.5 Å². The van der Waals surface area contributed by atoms with Crippen molar-refractivity contribution in [3.63, 3.8) is 0 Å². The molecule has 0 saturated heterocycles. The smallest absolute Gasteiger partial charge is 0.151 e. The van der Waals surface area contributed by atoms with Crippen molar-refractivity contribution in [2.75, 3.05) is 25.5 Å². The van der Waals surface area contributed by atoms with Crippen molar-refractivity contribution >= 4 is 36.4 Å². The summed E-state index contributed by atoms with van der Waals surface area (Å²) in [7, 11) is 4.28. The molecule has 0 aliphatic heterocycles. The molecule has 0 spiro atoms. The minimum atomic E-state index is 0.598. The maximum atomic E-state index is 6.45. The minimum Gasteiger partial charge on any atom is -0.370 e.